The van der Waals surface area contributed by atoms with Crippen molar-refractivity contribution in [3.05, 3.63) is 42.1 Å². The summed E-state index contributed by atoms with van der Waals surface area (Å²) in [6, 6.07) is 7.65. The minimum atomic E-state index is -1.14. The molecule has 6 nitrogen and oxygen atoms in total. The predicted molar refractivity (Wildman–Crippen MR) is 72.5 cm³/mol. The van der Waals surface area contributed by atoms with E-state index in [9.17, 15) is 9.59 Å². The lowest BCUT2D eigenvalue weighted by molar-refractivity contribution is -0.140. The Kier molecular flexibility index (Phi) is 4.27. The first kappa shape index (κ1) is 14.0. The van der Waals surface area contributed by atoms with E-state index in [4.69, 9.17) is 9.84 Å². The number of para-hydroxylation sites is 1. The van der Waals surface area contributed by atoms with E-state index in [2.05, 4.69) is 10.3 Å². The predicted octanol–water partition coefficient (Wildman–Crippen LogP) is 1.06. The molecule has 0 aliphatic carbocycles. The van der Waals surface area contributed by atoms with Crippen LogP contribution < -0.4 is 5.32 Å². The summed E-state index contributed by atoms with van der Waals surface area (Å²) in [7, 11) is 1.38. The number of nitrogens with one attached hydrogen (secondary N) is 1. The zero-order chi connectivity index (χ0) is 14.5. The molecule has 0 aliphatic rings. The van der Waals surface area contributed by atoms with Gasteiger partial charge in [-0.1, -0.05) is 18.2 Å². The first-order valence-electron chi connectivity index (χ1n) is 6.00. The molecule has 2 N–H and O–H groups in total. The third-order valence-electron chi connectivity index (χ3n) is 2.83. The topological polar surface area (TPSA) is 88.5 Å². The van der Waals surface area contributed by atoms with Gasteiger partial charge in [0.05, 0.1) is 17.7 Å². The molecular weight excluding hydrogens is 260 g/mol. The van der Waals surface area contributed by atoms with Gasteiger partial charge in [0.15, 0.2) is 6.04 Å². The molecule has 0 fully saturated rings. The second-order valence-corrected chi connectivity index (χ2v) is 4.20. The van der Waals surface area contributed by atoms with Gasteiger partial charge in [-0.25, -0.2) is 4.79 Å². The Balaban J connectivity index is 2.29. The lowest BCUT2D eigenvalue weighted by Gasteiger charge is -2.14. The lowest BCUT2D eigenvalue weighted by atomic mass is 10.1. The molecule has 104 valence electrons. The standard InChI is InChI=1S/C14H14N2O4/c1-20-8-12(14(18)19)16-13(17)10-6-7-15-11-5-3-2-4-9(10)11/h2-7,12H,8H2,1H3,(H,16,17)(H,18,19). The van der Waals surface area contributed by atoms with Crippen molar-refractivity contribution in [3.63, 3.8) is 0 Å². The summed E-state index contributed by atoms with van der Waals surface area (Å²) in [5.41, 5.74) is 1.07. The number of hydrogen-bond acceptors (Lipinski definition) is 4. The second kappa shape index (κ2) is 6.12. The van der Waals surface area contributed by atoms with Crippen LogP contribution in [0.2, 0.25) is 0 Å². The number of ether oxygens (including phenoxy) is 1. The van der Waals surface area contributed by atoms with E-state index < -0.39 is 17.9 Å². The van der Waals surface area contributed by atoms with E-state index in [1.165, 1.54) is 13.3 Å². The number of carboxylic acid groups (broad SMARTS) is 1. The highest BCUT2D eigenvalue weighted by molar-refractivity contribution is 6.06. The smallest absolute Gasteiger partial charge is 0.328 e. The van der Waals surface area contributed by atoms with E-state index in [0.717, 1.165) is 0 Å². The number of aromatic nitrogens is 1. The van der Waals surface area contributed by atoms with Gasteiger partial charge in [-0.3, -0.25) is 9.78 Å². The van der Waals surface area contributed by atoms with Gasteiger partial charge in [-0.05, 0) is 12.1 Å². The van der Waals surface area contributed by atoms with Crippen LogP contribution in [0.15, 0.2) is 36.5 Å². The summed E-state index contributed by atoms with van der Waals surface area (Å²) in [6.07, 6.45) is 1.52. The number of carboxylic acids is 1. The molecule has 1 amide bonds. The molecule has 1 aromatic heterocycles. The van der Waals surface area contributed by atoms with Crippen LogP contribution in [0.5, 0.6) is 0 Å². The van der Waals surface area contributed by atoms with Crippen molar-refractivity contribution in [2.75, 3.05) is 13.7 Å². The normalized spacial score (nSPS) is 12.1. The van der Waals surface area contributed by atoms with E-state index in [0.29, 0.717) is 16.5 Å². The van der Waals surface area contributed by atoms with Gasteiger partial charge in [0.2, 0.25) is 0 Å². The van der Waals surface area contributed by atoms with Gasteiger partial charge in [-0.15, -0.1) is 0 Å². The molecular formula is C14H14N2O4. The quantitative estimate of drug-likeness (QED) is 0.851. The number of benzene rings is 1. The highest BCUT2D eigenvalue weighted by Gasteiger charge is 2.21. The highest BCUT2D eigenvalue weighted by Crippen LogP contribution is 2.16. The molecule has 0 spiro atoms. The number of aliphatic carboxylic acids is 1. The molecule has 0 aliphatic heterocycles. The average molecular weight is 274 g/mol. The van der Waals surface area contributed by atoms with Crippen LogP contribution in [0.1, 0.15) is 10.4 Å². The number of rotatable bonds is 5. The first-order chi connectivity index (χ1) is 9.63. The van der Waals surface area contributed by atoms with Crippen molar-refractivity contribution in [1.29, 1.82) is 0 Å². The first-order valence-corrected chi connectivity index (χ1v) is 6.00. The Labute approximate surface area is 115 Å². The zero-order valence-corrected chi connectivity index (χ0v) is 10.9. The molecule has 1 heterocycles. The summed E-state index contributed by atoms with van der Waals surface area (Å²) in [4.78, 5) is 27.4. The van der Waals surface area contributed by atoms with Crippen LogP contribution in [-0.2, 0) is 9.53 Å². The molecule has 20 heavy (non-hydrogen) atoms. The minimum absolute atomic E-state index is 0.0932. The summed E-state index contributed by atoms with van der Waals surface area (Å²) in [5, 5.41) is 12.1. The summed E-state index contributed by atoms with van der Waals surface area (Å²) in [6.45, 7) is -0.0932. The molecule has 1 aromatic carbocycles. The molecule has 0 saturated heterocycles. The van der Waals surface area contributed by atoms with Crippen LogP contribution >= 0.6 is 0 Å². The number of nitrogens with zero attached hydrogens (tertiary/aromatic N) is 1. The molecule has 0 saturated carbocycles. The van der Waals surface area contributed by atoms with Crippen LogP contribution in [0, 0.1) is 0 Å². The van der Waals surface area contributed by atoms with E-state index in [1.807, 2.05) is 6.07 Å². The minimum Gasteiger partial charge on any atom is -0.480 e. The van der Waals surface area contributed by atoms with Crippen molar-refractivity contribution in [2.24, 2.45) is 0 Å². The molecule has 1 unspecified atom stereocenters. The number of pyridine rings is 1. The maximum absolute atomic E-state index is 12.2. The van der Waals surface area contributed by atoms with Gasteiger partial charge in [0.25, 0.3) is 5.91 Å². The third kappa shape index (κ3) is 2.92. The van der Waals surface area contributed by atoms with Crippen molar-refractivity contribution in [1.82, 2.24) is 10.3 Å². The molecule has 2 aromatic rings. The fourth-order valence-electron chi connectivity index (χ4n) is 1.87. The number of carbonyl (C=O) groups is 2. The highest BCUT2D eigenvalue weighted by atomic mass is 16.5. The molecule has 2 rings (SSSR count). The van der Waals surface area contributed by atoms with Gasteiger partial charge in [0, 0.05) is 18.7 Å². The fraction of sp³-hybridized carbons (Fsp3) is 0.214. The van der Waals surface area contributed by atoms with Crippen molar-refractivity contribution >= 4 is 22.8 Å². The number of fused-ring (bicyclic) bond motifs is 1. The molecule has 0 radical (unpaired) electrons. The van der Waals surface area contributed by atoms with Gasteiger partial charge >= 0.3 is 5.97 Å². The Hall–Kier alpha value is -2.47. The lowest BCUT2D eigenvalue weighted by Crippen LogP contribution is -2.43. The van der Waals surface area contributed by atoms with Crippen molar-refractivity contribution < 1.29 is 19.4 Å². The van der Waals surface area contributed by atoms with E-state index >= 15 is 0 Å². The number of carbonyl (C=O) groups excluding carboxylic acids is 1. The van der Waals surface area contributed by atoms with Crippen LogP contribution in [-0.4, -0.2) is 41.7 Å². The second-order valence-electron chi connectivity index (χ2n) is 4.20. The van der Waals surface area contributed by atoms with Gasteiger partial charge in [-0.2, -0.15) is 0 Å². The molecule has 0 bridgehead atoms. The van der Waals surface area contributed by atoms with Gasteiger partial charge < -0.3 is 15.2 Å². The van der Waals surface area contributed by atoms with Gasteiger partial charge in [0.1, 0.15) is 0 Å². The van der Waals surface area contributed by atoms with Crippen molar-refractivity contribution in [2.45, 2.75) is 6.04 Å². The summed E-state index contributed by atoms with van der Waals surface area (Å²) in [5.74, 6) is -1.60. The van der Waals surface area contributed by atoms with Crippen LogP contribution in [0.25, 0.3) is 10.9 Å². The molecule has 6 heteroatoms. The average Bonchev–Trinajstić information content (AvgIpc) is 2.46. The monoisotopic (exact) mass is 274 g/mol. The number of methoxy groups -OCH3 is 1. The summed E-state index contributed by atoms with van der Waals surface area (Å²) < 4.78 is 4.78. The van der Waals surface area contributed by atoms with E-state index in [1.54, 1.807) is 24.3 Å². The Morgan fingerprint density at radius 1 is 1.35 bits per heavy atom. The van der Waals surface area contributed by atoms with Crippen molar-refractivity contribution in [3.8, 4) is 0 Å². The maximum Gasteiger partial charge on any atom is 0.328 e. The summed E-state index contributed by atoms with van der Waals surface area (Å²) >= 11 is 0. The SMILES string of the molecule is COCC(NC(=O)c1ccnc2ccccc12)C(=O)O. The number of amides is 1. The maximum atomic E-state index is 12.2. The van der Waals surface area contributed by atoms with E-state index in [-0.39, 0.29) is 6.61 Å². The largest absolute Gasteiger partial charge is 0.480 e. The van der Waals surface area contributed by atoms with Crippen LogP contribution in [0.4, 0.5) is 0 Å². The zero-order valence-electron chi connectivity index (χ0n) is 10.9. The molecule has 1 atom stereocenters. The third-order valence-corrected chi connectivity index (χ3v) is 2.83. The Morgan fingerprint density at radius 2 is 2.10 bits per heavy atom. The van der Waals surface area contributed by atoms with Crippen LogP contribution in [0.3, 0.4) is 0 Å². The Bertz CT molecular complexity index is 637. The number of hydrogen-bond donors (Lipinski definition) is 2. The fourth-order valence-corrected chi connectivity index (χ4v) is 1.87. The Morgan fingerprint density at radius 3 is 2.80 bits per heavy atom.